The molecule has 0 saturated heterocycles. The maximum atomic E-state index is 11.6. The first-order chi connectivity index (χ1) is 8.22. The number of aryl methyl sites for hydroxylation is 2. The third-order valence-corrected chi connectivity index (χ3v) is 3.68. The highest BCUT2D eigenvalue weighted by Crippen LogP contribution is 2.27. The normalized spacial score (nSPS) is 14.9. The second-order valence-electron chi connectivity index (χ2n) is 4.60. The van der Waals surface area contributed by atoms with E-state index in [1.807, 2.05) is 7.05 Å². The van der Waals surface area contributed by atoms with Crippen LogP contribution in [-0.4, -0.2) is 18.7 Å². The van der Waals surface area contributed by atoms with Gasteiger partial charge in [0, 0.05) is 19.2 Å². The van der Waals surface area contributed by atoms with Crippen LogP contribution in [0.1, 0.15) is 30.4 Å². The summed E-state index contributed by atoms with van der Waals surface area (Å²) >= 11 is 4.22. The second-order valence-corrected chi connectivity index (χ2v) is 5.04. The first kappa shape index (κ1) is 12.5. The summed E-state index contributed by atoms with van der Waals surface area (Å²) in [6.45, 7) is 0. The van der Waals surface area contributed by atoms with Crippen LogP contribution in [0.15, 0.2) is 18.2 Å². The average Bonchev–Trinajstić information content (AvgIpc) is 2.34. The molecule has 1 heterocycles. The van der Waals surface area contributed by atoms with Crippen molar-refractivity contribution >= 4 is 24.2 Å². The summed E-state index contributed by atoms with van der Waals surface area (Å²) in [5, 5.41) is 0. The number of fused-ring (bicyclic) bond motifs is 1. The number of rotatable bonds is 4. The van der Waals surface area contributed by atoms with Crippen LogP contribution in [0.4, 0.5) is 5.69 Å². The minimum absolute atomic E-state index is 0.223. The van der Waals surface area contributed by atoms with Crippen LogP contribution in [0.5, 0.6) is 0 Å². The van der Waals surface area contributed by atoms with E-state index in [4.69, 9.17) is 0 Å². The van der Waals surface area contributed by atoms with E-state index in [0.717, 1.165) is 24.3 Å². The topological polar surface area (TPSA) is 20.3 Å². The largest absolute Gasteiger partial charge is 0.315 e. The standard InChI is InChI=1S/C14H19NOS/c1-15-13-7-5-11(4-2-3-9-17)10-12(13)6-8-14(15)16/h5,7,10,17H,2-4,6,8-9H2,1H3. The van der Waals surface area contributed by atoms with E-state index in [1.165, 1.54) is 24.0 Å². The first-order valence-corrected chi connectivity index (χ1v) is 6.85. The molecule has 1 aliphatic rings. The zero-order valence-electron chi connectivity index (χ0n) is 10.3. The molecule has 0 saturated carbocycles. The van der Waals surface area contributed by atoms with Gasteiger partial charge in [-0.1, -0.05) is 12.1 Å². The van der Waals surface area contributed by atoms with Crippen LogP contribution in [-0.2, 0) is 17.6 Å². The summed E-state index contributed by atoms with van der Waals surface area (Å²) < 4.78 is 0. The Hall–Kier alpha value is -0.960. The first-order valence-electron chi connectivity index (χ1n) is 6.21. The van der Waals surface area contributed by atoms with Gasteiger partial charge in [0.05, 0.1) is 0 Å². The Balaban J connectivity index is 2.12. The van der Waals surface area contributed by atoms with Crippen molar-refractivity contribution in [1.82, 2.24) is 0 Å². The van der Waals surface area contributed by atoms with E-state index in [2.05, 4.69) is 30.8 Å². The molecule has 92 valence electrons. The number of carbonyl (C=O) groups is 1. The lowest BCUT2D eigenvalue weighted by molar-refractivity contribution is -0.118. The lowest BCUT2D eigenvalue weighted by Gasteiger charge is -2.26. The van der Waals surface area contributed by atoms with Crippen molar-refractivity contribution in [3.05, 3.63) is 29.3 Å². The Kier molecular flexibility index (Phi) is 4.11. The minimum Gasteiger partial charge on any atom is -0.315 e. The summed E-state index contributed by atoms with van der Waals surface area (Å²) in [6, 6.07) is 6.49. The second kappa shape index (κ2) is 5.58. The zero-order chi connectivity index (χ0) is 12.3. The van der Waals surface area contributed by atoms with E-state index >= 15 is 0 Å². The van der Waals surface area contributed by atoms with Crippen molar-refractivity contribution in [3.63, 3.8) is 0 Å². The molecule has 1 aromatic rings. The fraction of sp³-hybridized carbons (Fsp3) is 0.500. The number of benzene rings is 1. The average molecular weight is 249 g/mol. The molecule has 2 rings (SSSR count). The molecule has 0 aromatic heterocycles. The molecule has 1 aliphatic heterocycles. The molecule has 0 N–H and O–H groups in total. The Morgan fingerprint density at radius 3 is 2.88 bits per heavy atom. The minimum atomic E-state index is 0.223. The molecule has 0 bridgehead atoms. The van der Waals surface area contributed by atoms with Gasteiger partial charge in [-0.25, -0.2) is 0 Å². The van der Waals surface area contributed by atoms with Crippen molar-refractivity contribution in [2.24, 2.45) is 0 Å². The molecule has 17 heavy (non-hydrogen) atoms. The number of nitrogens with zero attached hydrogens (tertiary/aromatic N) is 1. The number of anilines is 1. The molecule has 0 spiro atoms. The Bertz CT molecular complexity index is 417. The molecule has 3 heteroatoms. The molecule has 1 amide bonds. The summed E-state index contributed by atoms with van der Waals surface area (Å²) in [5.41, 5.74) is 3.78. The number of amides is 1. The smallest absolute Gasteiger partial charge is 0.227 e. The Morgan fingerprint density at radius 1 is 1.29 bits per heavy atom. The van der Waals surface area contributed by atoms with Gasteiger partial charge < -0.3 is 4.90 Å². The van der Waals surface area contributed by atoms with Crippen LogP contribution in [0.2, 0.25) is 0 Å². The number of thiol groups is 1. The molecule has 0 unspecified atom stereocenters. The van der Waals surface area contributed by atoms with Crippen molar-refractivity contribution in [1.29, 1.82) is 0 Å². The maximum absolute atomic E-state index is 11.6. The fourth-order valence-electron chi connectivity index (χ4n) is 2.31. The van der Waals surface area contributed by atoms with Crippen LogP contribution in [0, 0.1) is 0 Å². The quantitative estimate of drug-likeness (QED) is 0.642. The summed E-state index contributed by atoms with van der Waals surface area (Å²) in [5.74, 6) is 1.18. The molecule has 2 nitrogen and oxygen atoms in total. The van der Waals surface area contributed by atoms with Gasteiger partial charge >= 0.3 is 0 Å². The zero-order valence-corrected chi connectivity index (χ0v) is 11.2. The van der Waals surface area contributed by atoms with Crippen molar-refractivity contribution in [3.8, 4) is 0 Å². The fourth-order valence-corrected chi connectivity index (χ4v) is 2.53. The summed E-state index contributed by atoms with van der Waals surface area (Å²) in [4.78, 5) is 13.3. The van der Waals surface area contributed by atoms with Crippen LogP contribution < -0.4 is 4.90 Å². The molecule has 0 atom stereocenters. The van der Waals surface area contributed by atoms with Crippen LogP contribution in [0.3, 0.4) is 0 Å². The molecule has 1 aromatic carbocycles. The monoisotopic (exact) mass is 249 g/mol. The van der Waals surface area contributed by atoms with Gasteiger partial charge in [0.15, 0.2) is 0 Å². The van der Waals surface area contributed by atoms with Crippen molar-refractivity contribution in [2.75, 3.05) is 17.7 Å². The maximum Gasteiger partial charge on any atom is 0.227 e. The highest BCUT2D eigenvalue weighted by atomic mass is 32.1. The van der Waals surface area contributed by atoms with E-state index in [1.54, 1.807) is 4.90 Å². The SMILES string of the molecule is CN1C(=O)CCc2cc(CCCCS)ccc21. The van der Waals surface area contributed by atoms with Crippen LogP contribution in [0.25, 0.3) is 0 Å². The number of hydrogen-bond donors (Lipinski definition) is 1. The Labute approximate surface area is 108 Å². The number of unbranched alkanes of at least 4 members (excludes halogenated alkanes) is 1. The highest BCUT2D eigenvalue weighted by Gasteiger charge is 2.20. The van der Waals surface area contributed by atoms with E-state index in [9.17, 15) is 4.79 Å². The predicted octanol–water partition coefficient (Wildman–Crippen LogP) is 2.85. The van der Waals surface area contributed by atoms with Crippen molar-refractivity contribution < 1.29 is 4.79 Å². The van der Waals surface area contributed by atoms with Gasteiger partial charge in [-0.2, -0.15) is 12.6 Å². The van der Waals surface area contributed by atoms with Gasteiger partial charge in [0.25, 0.3) is 0 Å². The van der Waals surface area contributed by atoms with Gasteiger partial charge in [-0.15, -0.1) is 0 Å². The van der Waals surface area contributed by atoms with E-state index in [-0.39, 0.29) is 5.91 Å². The molecule has 0 fully saturated rings. The van der Waals surface area contributed by atoms with Gasteiger partial charge in [-0.05, 0) is 48.6 Å². The molecule has 0 radical (unpaired) electrons. The molecular weight excluding hydrogens is 230 g/mol. The molecular formula is C14H19NOS. The highest BCUT2D eigenvalue weighted by molar-refractivity contribution is 7.80. The predicted molar refractivity (Wildman–Crippen MR) is 75.0 cm³/mol. The number of carbonyl (C=O) groups excluding carboxylic acids is 1. The Morgan fingerprint density at radius 2 is 2.12 bits per heavy atom. The third-order valence-electron chi connectivity index (χ3n) is 3.36. The van der Waals surface area contributed by atoms with Gasteiger partial charge in [0.1, 0.15) is 0 Å². The van der Waals surface area contributed by atoms with Crippen molar-refractivity contribution in [2.45, 2.75) is 32.1 Å². The van der Waals surface area contributed by atoms with E-state index in [0.29, 0.717) is 6.42 Å². The lowest BCUT2D eigenvalue weighted by Crippen LogP contribution is -2.31. The van der Waals surface area contributed by atoms with Gasteiger partial charge in [0.2, 0.25) is 5.91 Å². The molecule has 0 aliphatic carbocycles. The summed E-state index contributed by atoms with van der Waals surface area (Å²) in [6.07, 6.45) is 5.00. The van der Waals surface area contributed by atoms with Gasteiger partial charge in [-0.3, -0.25) is 4.79 Å². The van der Waals surface area contributed by atoms with E-state index < -0.39 is 0 Å². The van der Waals surface area contributed by atoms with Crippen LogP contribution >= 0.6 is 12.6 Å². The lowest BCUT2D eigenvalue weighted by atomic mass is 9.97. The summed E-state index contributed by atoms with van der Waals surface area (Å²) in [7, 11) is 1.86. The number of hydrogen-bond acceptors (Lipinski definition) is 2. The third kappa shape index (κ3) is 2.83.